The molecule has 0 heterocycles. The molecule has 4 aromatic rings. The van der Waals surface area contributed by atoms with E-state index in [-0.39, 0.29) is 11.4 Å². The van der Waals surface area contributed by atoms with E-state index in [1.165, 1.54) is 6.07 Å². The molecule has 0 saturated carbocycles. The van der Waals surface area contributed by atoms with Gasteiger partial charge in [-0.2, -0.15) is 8.42 Å². The van der Waals surface area contributed by atoms with Crippen LogP contribution in [0.5, 0.6) is 5.75 Å². The van der Waals surface area contributed by atoms with Gasteiger partial charge in [-0.15, -0.1) is 10.2 Å². The number of phenols is 1. The second-order valence-corrected chi connectivity index (χ2v) is 7.36. The number of hydrogen-bond acceptors (Lipinski definition) is 5. The summed E-state index contributed by atoms with van der Waals surface area (Å²) in [7, 11) is -4.61. The van der Waals surface area contributed by atoms with Crippen molar-refractivity contribution in [3.8, 4) is 5.75 Å². The highest BCUT2D eigenvalue weighted by Gasteiger charge is 2.21. The second-order valence-electron chi connectivity index (χ2n) is 5.97. The molecule has 7 heteroatoms. The fraction of sp³-hybridized carbons (Fsp3) is 0. The number of rotatable bonds is 3. The lowest BCUT2D eigenvalue weighted by Crippen LogP contribution is -1.99. The van der Waals surface area contributed by atoms with Gasteiger partial charge in [-0.1, -0.05) is 60.7 Å². The Morgan fingerprint density at radius 1 is 0.741 bits per heavy atom. The molecule has 0 bridgehead atoms. The van der Waals surface area contributed by atoms with E-state index in [4.69, 9.17) is 0 Å². The highest BCUT2D eigenvalue weighted by molar-refractivity contribution is 7.86. The van der Waals surface area contributed by atoms with Crippen LogP contribution in [0.1, 0.15) is 0 Å². The first-order valence-corrected chi connectivity index (χ1v) is 9.51. The van der Waals surface area contributed by atoms with Crippen molar-refractivity contribution in [2.75, 3.05) is 0 Å². The Morgan fingerprint density at radius 3 is 2.11 bits per heavy atom. The topological polar surface area (TPSA) is 99.3 Å². The van der Waals surface area contributed by atoms with Gasteiger partial charge in [0.15, 0.2) is 5.75 Å². The van der Waals surface area contributed by atoms with Gasteiger partial charge in [0.1, 0.15) is 10.6 Å². The summed E-state index contributed by atoms with van der Waals surface area (Å²) in [6, 6.07) is 21.0. The average Bonchev–Trinajstić information content (AvgIpc) is 2.66. The molecule has 4 rings (SSSR count). The zero-order valence-corrected chi connectivity index (χ0v) is 14.8. The van der Waals surface area contributed by atoms with Crippen molar-refractivity contribution in [2.24, 2.45) is 10.2 Å². The summed E-state index contributed by atoms with van der Waals surface area (Å²) in [4.78, 5) is -0.498. The van der Waals surface area contributed by atoms with E-state index in [2.05, 4.69) is 10.2 Å². The summed E-state index contributed by atoms with van der Waals surface area (Å²) < 4.78 is 33.2. The lowest BCUT2D eigenvalue weighted by atomic mass is 10.1. The Bertz CT molecular complexity index is 1310. The molecule has 0 aliphatic heterocycles. The fourth-order valence-corrected chi connectivity index (χ4v) is 3.64. The van der Waals surface area contributed by atoms with E-state index in [0.717, 1.165) is 10.8 Å². The molecule has 2 N–H and O–H groups in total. The largest absolute Gasteiger partial charge is 0.505 e. The van der Waals surface area contributed by atoms with Gasteiger partial charge in [-0.05, 0) is 22.9 Å². The van der Waals surface area contributed by atoms with Crippen molar-refractivity contribution in [2.45, 2.75) is 4.90 Å². The Labute approximate surface area is 155 Å². The van der Waals surface area contributed by atoms with Crippen LogP contribution in [0.3, 0.4) is 0 Å². The van der Waals surface area contributed by atoms with Crippen molar-refractivity contribution < 1.29 is 18.1 Å². The van der Waals surface area contributed by atoms with E-state index >= 15 is 0 Å². The Morgan fingerprint density at radius 2 is 1.37 bits per heavy atom. The summed E-state index contributed by atoms with van der Waals surface area (Å²) in [5.74, 6) is -0.357. The van der Waals surface area contributed by atoms with Gasteiger partial charge in [-0.25, -0.2) is 0 Å². The van der Waals surface area contributed by atoms with Gasteiger partial charge < -0.3 is 5.11 Å². The van der Waals surface area contributed by atoms with Crippen LogP contribution in [0.25, 0.3) is 21.5 Å². The summed E-state index contributed by atoms with van der Waals surface area (Å²) >= 11 is 0. The van der Waals surface area contributed by atoms with Crippen molar-refractivity contribution in [1.82, 2.24) is 0 Å². The van der Waals surface area contributed by atoms with Crippen LogP contribution < -0.4 is 0 Å². The Hall–Kier alpha value is -3.29. The lowest BCUT2D eigenvalue weighted by molar-refractivity contribution is 0.472. The second kappa shape index (κ2) is 6.46. The average molecular weight is 378 g/mol. The maximum absolute atomic E-state index is 11.8. The van der Waals surface area contributed by atoms with E-state index < -0.39 is 15.0 Å². The summed E-state index contributed by atoms with van der Waals surface area (Å²) in [6.07, 6.45) is 0. The molecule has 4 aromatic carbocycles. The normalized spacial score (nSPS) is 12.2. The smallest absolute Gasteiger partial charge is 0.296 e. The third kappa shape index (κ3) is 3.14. The first kappa shape index (κ1) is 17.1. The van der Waals surface area contributed by atoms with Gasteiger partial charge in [0.2, 0.25) is 0 Å². The summed E-state index contributed by atoms with van der Waals surface area (Å²) in [5.41, 5.74) is 0.214. The zero-order valence-electron chi connectivity index (χ0n) is 13.9. The number of fused-ring (bicyclic) bond motifs is 2. The van der Waals surface area contributed by atoms with Gasteiger partial charge in [0.05, 0.1) is 5.69 Å². The Kier molecular flexibility index (Phi) is 4.10. The highest BCUT2D eigenvalue weighted by atomic mass is 32.2. The number of benzene rings is 4. The monoisotopic (exact) mass is 378 g/mol. The molecule has 0 amide bonds. The molecule has 6 nitrogen and oxygen atoms in total. The molecule has 0 saturated heterocycles. The molecule has 0 aliphatic carbocycles. The van der Waals surface area contributed by atoms with Crippen molar-refractivity contribution >= 4 is 43.0 Å². The number of phenolic OH excluding ortho intramolecular Hbond substituents is 1. The van der Waals surface area contributed by atoms with Crippen molar-refractivity contribution in [3.63, 3.8) is 0 Å². The number of aromatic hydroxyl groups is 1. The quantitative estimate of drug-likeness (QED) is 0.370. The number of azo groups is 1. The third-order valence-corrected chi connectivity index (χ3v) is 5.13. The van der Waals surface area contributed by atoms with E-state index in [1.54, 1.807) is 36.4 Å². The molecular weight excluding hydrogens is 364 g/mol. The van der Waals surface area contributed by atoms with Crippen LogP contribution in [-0.2, 0) is 10.1 Å². The van der Waals surface area contributed by atoms with E-state index in [9.17, 15) is 18.1 Å². The van der Waals surface area contributed by atoms with E-state index in [0.29, 0.717) is 16.5 Å². The van der Waals surface area contributed by atoms with E-state index in [1.807, 2.05) is 30.3 Å². The fourth-order valence-electron chi connectivity index (χ4n) is 2.99. The molecule has 0 aliphatic rings. The minimum absolute atomic E-state index is 0.302. The maximum Gasteiger partial charge on any atom is 0.296 e. The van der Waals surface area contributed by atoms with Crippen LogP contribution in [0.15, 0.2) is 87.9 Å². The number of hydrogen-bond donors (Lipinski definition) is 2. The van der Waals surface area contributed by atoms with Crippen LogP contribution in [0.2, 0.25) is 0 Å². The van der Waals surface area contributed by atoms with Gasteiger partial charge in [-0.3, -0.25) is 4.55 Å². The predicted octanol–water partition coefficient (Wildman–Crippen LogP) is 5.36. The standard InChI is InChI=1S/C20H14N2O4S/c23-20-16-10-4-2-7-14(16)12-18(27(24,25)26)19(20)22-21-17-11-5-8-13-6-1-3-9-15(13)17/h1-12,23H,(H,24,25,26)/b22-21-. The van der Waals surface area contributed by atoms with Crippen LogP contribution >= 0.6 is 0 Å². The van der Waals surface area contributed by atoms with Crippen LogP contribution in [0, 0.1) is 0 Å². The Balaban J connectivity index is 1.95. The van der Waals surface area contributed by atoms with Crippen molar-refractivity contribution in [1.29, 1.82) is 0 Å². The number of nitrogens with zero attached hydrogens (tertiary/aromatic N) is 2. The maximum atomic E-state index is 11.8. The first-order chi connectivity index (χ1) is 12.9. The third-order valence-electron chi connectivity index (χ3n) is 4.26. The van der Waals surface area contributed by atoms with Gasteiger partial charge >= 0.3 is 0 Å². The van der Waals surface area contributed by atoms with Crippen LogP contribution in [0.4, 0.5) is 11.4 Å². The molecule has 0 unspecified atom stereocenters. The molecule has 0 atom stereocenters. The molecular formula is C20H14N2O4S. The summed E-state index contributed by atoms with van der Waals surface area (Å²) in [6.45, 7) is 0. The lowest BCUT2D eigenvalue weighted by Gasteiger charge is -2.08. The first-order valence-electron chi connectivity index (χ1n) is 8.07. The predicted molar refractivity (Wildman–Crippen MR) is 104 cm³/mol. The molecule has 0 fully saturated rings. The highest BCUT2D eigenvalue weighted by Crippen LogP contribution is 2.41. The summed E-state index contributed by atoms with van der Waals surface area (Å²) in [5, 5.41) is 21.3. The van der Waals surface area contributed by atoms with Gasteiger partial charge in [0, 0.05) is 10.8 Å². The zero-order chi connectivity index (χ0) is 19.0. The van der Waals surface area contributed by atoms with Crippen molar-refractivity contribution in [3.05, 3.63) is 72.8 Å². The van der Waals surface area contributed by atoms with Crippen LogP contribution in [-0.4, -0.2) is 18.1 Å². The minimum Gasteiger partial charge on any atom is -0.505 e. The SMILES string of the molecule is O=S(=O)(O)c1cc2ccccc2c(O)c1/N=N\c1cccc2ccccc12. The van der Waals surface area contributed by atoms with Gasteiger partial charge in [0.25, 0.3) is 10.1 Å². The molecule has 0 radical (unpaired) electrons. The molecule has 0 aromatic heterocycles. The molecule has 134 valence electrons. The molecule has 27 heavy (non-hydrogen) atoms. The minimum atomic E-state index is -4.61. The molecule has 0 spiro atoms.